The molecule has 6 heteroatoms. The van der Waals surface area contributed by atoms with Crippen LogP contribution in [0.1, 0.15) is 41.0 Å². The summed E-state index contributed by atoms with van der Waals surface area (Å²) in [5.74, 6) is 1.47. The number of aromatic nitrogens is 1. The van der Waals surface area contributed by atoms with E-state index in [-0.39, 0.29) is 12.0 Å². The van der Waals surface area contributed by atoms with Gasteiger partial charge in [-0.05, 0) is 51.3 Å². The van der Waals surface area contributed by atoms with E-state index in [1.165, 1.54) is 0 Å². The quantitative estimate of drug-likeness (QED) is 0.878. The van der Waals surface area contributed by atoms with Crippen molar-refractivity contribution in [3.8, 4) is 17.2 Å². The maximum absolute atomic E-state index is 12.7. The highest BCUT2D eigenvalue weighted by Crippen LogP contribution is 2.33. The Morgan fingerprint density at radius 1 is 1.15 bits per heavy atom. The molecular weight excluding hydrogens is 344 g/mol. The third-order valence-corrected chi connectivity index (χ3v) is 5.24. The highest BCUT2D eigenvalue weighted by molar-refractivity contribution is 5.95. The summed E-state index contributed by atoms with van der Waals surface area (Å²) >= 11 is 0. The second-order valence-electron chi connectivity index (χ2n) is 7.13. The molecule has 1 unspecified atom stereocenters. The van der Waals surface area contributed by atoms with Gasteiger partial charge in [0, 0.05) is 36.3 Å². The van der Waals surface area contributed by atoms with Crippen molar-refractivity contribution in [2.75, 3.05) is 26.4 Å². The molecule has 144 valence electrons. The minimum atomic E-state index is -0.0371. The first-order chi connectivity index (χ1) is 13.1. The molecule has 0 radical (unpaired) electrons. The van der Waals surface area contributed by atoms with Crippen LogP contribution in [0.3, 0.4) is 0 Å². The first-order valence-electron chi connectivity index (χ1n) is 9.62. The van der Waals surface area contributed by atoms with Crippen LogP contribution in [-0.4, -0.2) is 42.9 Å². The van der Waals surface area contributed by atoms with E-state index >= 15 is 0 Å². The van der Waals surface area contributed by atoms with Crippen molar-refractivity contribution in [1.29, 1.82) is 0 Å². The predicted molar refractivity (Wildman–Crippen MR) is 102 cm³/mol. The summed E-state index contributed by atoms with van der Waals surface area (Å²) in [7, 11) is 0. The zero-order chi connectivity index (χ0) is 18.8. The molecule has 1 aromatic heterocycles. The number of rotatable bonds is 5. The SMILES string of the molecule is Cc1cc(C(=O)NCCC2CCCO2)c(C)n1-c1ccc2c(c1)OCCO2. The van der Waals surface area contributed by atoms with Crippen LogP contribution in [0.2, 0.25) is 0 Å². The Hall–Kier alpha value is -2.47. The van der Waals surface area contributed by atoms with Gasteiger partial charge in [-0.2, -0.15) is 0 Å². The fourth-order valence-corrected chi connectivity index (χ4v) is 3.88. The Bertz CT molecular complexity index is 837. The van der Waals surface area contributed by atoms with E-state index in [2.05, 4.69) is 9.88 Å². The lowest BCUT2D eigenvalue weighted by molar-refractivity contribution is 0.0906. The molecular formula is C21H26N2O4. The van der Waals surface area contributed by atoms with Gasteiger partial charge in [0.25, 0.3) is 5.91 Å². The summed E-state index contributed by atoms with van der Waals surface area (Å²) in [4.78, 5) is 12.7. The van der Waals surface area contributed by atoms with Gasteiger partial charge in [-0.25, -0.2) is 0 Å². The van der Waals surface area contributed by atoms with Crippen LogP contribution < -0.4 is 14.8 Å². The second-order valence-corrected chi connectivity index (χ2v) is 7.13. The van der Waals surface area contributed by atoms with E-state index < -0.39 is 0 Å². The van der Waals surface area contributed by atoms with Crippen LogP contribution in [0.15, 0.2) is 24.3 Å². The predicted octanol–water partition coefficient (Wildman–Crippen LogP) is 3.16. The summed E-state index contributed by atoms with van der Waals surface area (Å²) in [6.07, 6.45) is 3.37. The molecule has 1 saturated heterocycles. The number of aryl methyl sites for hydroxylation is 1. The highest BCUT2D eigenvalue weighted by atomic mass is 16.6. The van der Waals surface area contributed by atoms with Crippen LogP contribution in [-0.2, 0) is 4.74 Å². The van der Waals surface area contributed by atoms with Crippen molar-refractivity contribution >= 4 is 5.91 Å². The molecule has 0 aliphatic carbocycles. The first kappa shape index (κ1) is 17.9. The van der Waals surface area contributed by atoms with E-state index in [4.69, 9.17) is 14.2 Å². The molecule has 0 saturated carbocycles. The molecule has 1 fully saturated rings. The number of hydrogen-bond donors (Lipinski definition) is 1. The van der Waals surface area contributed by atoms with E-state index in [1.54, 1.807) is 0 Å². The van der Waals surface area contributed by atoms with Crippen molar-refractivity contribution in [1.82, 2.24) is 9.88 Å². The number of ether oxygens (including phenoxy) is 3. The molecule has 2 aliphatic rings. The molecule has 1 N–H and O–H groups in total. The smallest absolute Gasteiger partial charge is 0.253 e. The summed E-state index contributed by atoms with van der Waals surface area (Å²) in [5.41, 5.74) is 3.59. The number of nitrogens with one attached hydrogen (secondary N) is 1. The number of carbonyl (C=O) groups excluding carboxylic acids is 1. The average Bonchev–Trinajstić information content (AvgIpc) is 3.29. The second kappa shape index (κ2) is 7.64. The monoisotopic (exact) mass is 370 g/mol. The lowest BCUT2D eigenvalue weighted by Crippen LogP contribution is -2.27. The van der Waals surface area contributed by atoms with Crippen molar-refractivity contribution in [3.05, 3.63) is 41.2 Å². The normalized spacial score (nSPS) is 18.5. The molecule has 4 rings (SSSR count). The fraction of sp³-hybridized carbons (Fsp3) is 0.476. The summed E-state index contributed by atoms with van der Waals surface area (Å²) in [6, 6.07) is 7.82. The average molecular weight is 370 g/mol. The van der Waals surface area contributed by atoms with E-state index in [0.29, 0.717) is 25.3 Å². The Kier molecular flexibility index (Phi) is 5.07. The van der Waals surface area contributed by atoms with Crippen LogP contribution in [0.5, 0.6) is 11.5 Å². The maximum atomic E-state index is 12.7. The number of fused-ring (bicyclic) bond motifs is 1. The van der Waals surface area contributed by atoms with Crippen molar-refractivity contribution in [3.63, 3.8) is 0 Å². The minimum absolute atomic E-state index is 0.0371. The number of nitrogens with zero attached hydrogens (tertiary/aromatic N) is 1. The molecule has 3 heterocycles. The topological polar surface area (TPSA) is 61.7 Å². The molecule has 0 bridgehead atoms. The van der Waals surface area contributed by atoms with Crippen molar-refractivity contribution in [2.24, 2.45) is 0 Å². The number of carbonyl (C=O) groups is 1. The molecule has 1 amide bonds. The van der Waals surface area contributed by atoms with Gasteiger partial charge in [0.05, 0.1) is 11.7 Å². The Morgan fingerprint density at radius 2 is 1.96 bits per heavy atom. The first-order valence-corrected chi connectivity index (χ1v) is 9.62. The Morgan fingerprint density at radius 3 is 2.74 bits per heavy atom. The van der Waals surface area contributed by atoms with E-state index in [0.717, 1.165) is 54.4 Å². The molecule has 1 aromatic carbocycles. The number of benzene rings is 1. The van der Waals surface area contributed by atoms with Gasteiger partial charge >= 0.3 is 0 Å². The van der Waals surface area contributed by atoms with Gasteiger partial charge in [0.1, 0.15) is 13.2 Å². The standard InChI is InChI=1S/C21H26N2O4/c1-14-12-18(21(24)22-8-7-17-4-3-9-25-17)15(2)23(14)16-5-6-19-20(13-16)27-11-10-26-19/h5-6,12-13,17H,3-4,7-11H2,1-2H3,(H,22,24). The molecule has 27 heavy (non-hydrogen) atoms. The van der Waals surface area contributed by atoms with Gasteiger partial charge in [-0.3, -0.25) is 4.79 Å². The van der Waals surface area contributed by atoms with Crippen LogP contribution in [0, 0.1) is 13.8 Å². The summed E-state index contributed by atoms with van der Waals surface area (Å²) < 4.78 is 19.0. The van der Waals surface area contributed by atoms with E-state index in [1.807, 2.05) is 38.1 Å². The van der Waals surface area contributed by atoms with Crippen molar-refractivity contribution in [2.45, 2.75) is 39.2 Å². The van der Waals surface area contributed by atoms with Crippen LogP contribution >= 0.6 is 0 Å². The Balaban J connectivity index is 1.50. The molecule has 0 spiro atoms. The van der Waals surface area contributed by atoms with Gasteiger partial charge in [0.15, 0.2) is 11.5 Å². The molecule has 1 atom stereocenters. The van der Waals surface area contributed by atoms with E-state index in [9.17, 15) is 4.79 Å². The lowest BCUT2D eigenvalue weighted by Gasteiger charge is -2.20. The highest BCUT2D eigenvalue weighted by Gasteiger charge is 2.20. The molecule has 2 aromatic rings. The zero-order valence-electron chi connectivity index (χ0n) is 15.9. The Labute approximate surface area is 159 Å². The fourth-order valence-electron chi connectivity index (χ4n) is 3.88. The molecule has 2 aliphatic heterocycles. The van der Waals surface area contributed by atoms with Crippen molar-refractivity contribution < 1.29 is 19.0 Å². The number of amides is 1. The third kappa shape index (κ3) is 3.67. The third-order valence-electron chi connectivity index (χ3n) is 5.24. The number of hydrogen-bond acceptors (Lipinski definition) is 4. The van der Waals surface area contributed by atoms with Crippen LogP contribution in [0.4, 0.5) is 0 Å². The van der Waals surface area contributed by atoms with Gasteiger partial charge in [-0.1, -0.05) is 0 Å². The van der Waals surface area contributed by atoms with Gasteiger partial charge < -0.3 is 24.1 Å². The zero-order valence-corrected chi connectivity index (χ0v) is 15.9. The minimum Gasteiger partial charge on any atom is -0.486 e. The largest absolute Gasteiger partial charge is 0.486 e. The van der Waals surface area contributed by atoms with Gasteiger partial charge in [-0.15, -0.1) is 0 Å². The molecule has 6 nitrogen and oxygen atoms in total. The summed E-state index contributed by atoms with van der Waals surface area (Å²) in [6.45, 7) is 6.58. The summed E-state index contributed by atoms with van der Waals surface area (Å²) in [5, 5.41) is 3.03. The lowest BCUT2D eigenvalue weighted by atomic mass is 10.2. The van der Waals surface area contributed by atoms with Gasteiger partial charge in [0.2, 0.25) is 0 Å². The maximum Gasteiger partial charge on any atom is 0.253 e. The van der Waals surface area contributed by atoms with Crippen LogP contribution in [0.25, 0.3) is 5.69 Å².